The summed E-state index contributed by atoms with van der Waals surface area (Å²) < 4.78 is 70.1. The van der Waals surface area contributed by atoms with Crippen LogP contribution >= 0.6 is 0 Å². The highest BCUT2D eigenvalue weighted by molar-refractivity contribution is 7.92. The molecule has 34 heavy (non-hydrogen) atoms. The third kappa shape index (κ3) is 5.92. The molecule has 0 aromatic carbocycles. The van der Waals surface area contributed by atoms with E-state index in [-0.39, 0.29) is 30.0 Å². The molecule has 3 saturated heterocycles. The molecule has 3 aliphatic rings. The van der Waals surface area contributed by atoms with Crippen molar-refractivity contribution < 1.29 is 40.7 Å². The van der Waals surface area contributed by atoms with Crippen LogP contribution in [0.3, 0.4) is 0 Å². The van der Waals surface area contributed by atoms with E-state index in [1.54, 1.807) is 4.90 Å². The number of rotatable bonds is 2. The number of nitrogens with zero attached hydrogens (tertiary/aromatic N) is 5. The number of piperazine rings is 1. The number of carboxylic acids is 1. The van der Waals surface area contributed by atoms with Gasteiger partial charge in [-0.25, -0.2) is 27.6 Å². The SMILES string of the molecule is CN1CCN(C(=O)[C@@H]2CCS(=O)(=O)[C@@H]3CN(c4ncc(F)cn4)C[C@@H]32)CC1.O=C(O)C(F)(F)F. The third-order valence-electron chi connectivity index (χ3n) is 6.26. The molecule has 0 radical (unpaired) electrons. The van der Waals surface area contributed by atoms with Crippen molar-refractivity contribution in [2.24, 2.45) is 11.8 Å². The molecule has 1 aromatic heterocycles. The Hall–Kier alpha value is -2.55. The molecular weight excluding hydrogens is 486 g/mol. The fourth-order valence-electron chi connectivity index (χ4n) is 4.42. The second-order valence-corrected chi connectivity index (χ2v) is 10.8. The molecular formula is C19H25F4N5O5S. The monoisotopic (exact) mass is 511 g/mol. The van der Waals surface area contributed by atoms with E-state index < -0.39 is 33.1 Å². The molecule has 10 nitrogen and oxygen atoms in total. The summed E-state index contributed by atoms with van der Waals surface area (Å²) in [5, 5.41) is 6.53. The molecule has 0 spiro atoms. The zero-order valence-electron chi connectivity index (χ0n) is 18.3. The van der Waals surface area contributed by atoms with Gasteiger partial charge in [0, 0.05) is 51.1 Å². The maximum absolute atomic E-state index is 13.1. The van der Waals surface area contributed by atoms with E-state index in [9.17, 15) is 30.8 Å². The number of fused-ring (bicyclic) bond motifs is 1. The average Bonchev–Trinajstić information content (AvgIpc) is 3.21. The Balaban J connectivity index is 0.000000406. The number of hydrogen-bond acceptors (Lipinski definition) is 8. The maximum Gasteiger partial charge on any atom is 0.490 e. The van der Waals surface area contributed by atoms with E-state index in [1.807, 2.05) is 11.9 Å². The lowest BCUT2D eigenvalue weighted by Gasteiger charge is -2.38. The number of aliphatic carboxylic acids is 1. The van der Waals surface area contributed by atoms with Crippen LogP contribution in [0.1, 0.15) is 6.42 Å². The standard InChI is InChI=1S/C17H24FN5O3S.C2HF3O2/c1-21-3-5-22(6-4-21)16(24)13-2-7-27(25,26)15-11-23(10-14(13)15)17-19-8-12(18)9-20-17;3-2(4,5)1(6)7/h8-9,13-15H,2-7,10-11H2,1H3;(H,6,7)/t13-,14-,15-;/m1./s1. The molecule has 190 valence electrons. The van der Waals surface area contributed by atoms with Crippen molar-refractivity contribution in [1.29, 1.82) is 0 Å². The molecule has 0 saturated carbocycles. The highest BCUT2D eigenvalue weighted by Gasteiger charge is 2.51. The van der Waals surface area contributed by atoms with E-state index in [1.165, 1.54) is 0 Å². The van der Waals surface area contributed by atoms with Crippen molar-refractivity contribution in [3.8, 4) is 0 Å². The molecule has 4 heterocycles. The van der Waals surface area contributed by atoms with Gasteiger partial charge in [0.15, 0.2) is 15.7 Å². The molecule has 3 aliphatic heterocycles. The number of hydrogen-bond donors (Lipinski definition) is 1. The Morgan fingerprint density at radius 2 is 1.65 bits per heavy atom. The van der Waals surface area contributed by atoms with Gasteiger partial charge in [0.05, 0.1) is 23.4 Å². The molecule has 0 aliphatic carbocycles. The minimum absolute atomic E-state index is 0.0381. The van der Waals surface area contributed by atoms with Gasteiger partial charge in [-0.05, 0) is 13.5 Å². The van der Waals surface area contributed by atoms with Crippen LogP contribution in [0.5, 0.6) is 0 Å². The summed E-state index contributed by atoms with van der Waals surface area (Å²) in [6, 6.07) is 0. The fraction of sp³-hybridized carbons (Fsp3) is 0.684. The van der Waals surface area contributed by atoms with Crippen LogP contribution in [0.25, 0.3) is 0 Å². The summed E-state index contributed by atoms with van der Waals surface area (Å²) >= 11 is 0. The van der Waals surface area contributed by atoms with E-state index in [4.69, 9.17) is 9.90 Å². The van der Waals surface area contributed by atoms with Crippen molar-refractivity contribution >= 4 is 27.7 Å². The summed E-state index contributed by atoms with van der Waals surface area (Å²) in [5.74, 6) is -3.45. The summed E-state index contributed by atoms with van der Waals surface area (Å²) in [6.45, 7) is 3.69. The van der Waals surface area contributed by atoms with Gasteiger partial charge in [-0.3, -0.25) is 4.79 Å². The zero-order chi connectivity index (χ0) is 25.3. The first-order valence-corrected chi connectivity index (χ1v) is 12.2. The molecule has 0 bridgehead atoms. The number of sulfone groups is 1. The Bertz CT molecular complexity index is 999. The second kappa shape index (κ2) is 9.98. The van der Waals surface area contributed by atoms with E-state index in [0.29, 0.717) is 32.0 Å². The lowest BCUT2D eigenvalue weighted by Crippen LogP contribution is -2.53. The number of alkyl halides is 3. The predicted molar refractivity (Wildman–Crippen MR) is 111 cm³/mol. The van der Waals surface area contributed by atoms with E-state index in [0.717, 1.165) is 25.5 Å². The van der Waals surface area contributed by atoms with Gasteiger partial charge in [-0.2, -0.15) is 13.2 Å². The number of likely N-dealkylation sites (N-methyl/N-ethyl adjacent to an activating group) is 1. The normalized spacial score (nSPS) is 26.9. The molecule has 4 rings (SSSR count). The molecule has 15 heteroatoms. The van der Waals surface area contributed by atoms with Crippen LogP contribution in [0, 0.1) is 17.7 Å². The molecule has 0 unspecified atom stereocenters. The first-order chi connectivity index (χ1) is 15.8. The number of carbonyl (C=O) groups excluding carboxylic acids is 1. The maximum atomic E-state index is 13.1. The smallest absolute Gasteiger partial charge is 0.475 e. The molecule has 3 atom stereocenters. The third-order valence-corrected chi connectivity index (χ3v) is 8.49. The highest BCUT2D eigenvalue weighted by atomic mass is 32.2. The van der Waals surface area contributed by atoms with E-state index in [2.05, 4.69) is 14.9 Å². The largest absolute Gasteiger partial charge is 0.490 e. The van der Waals surface area contributed by atoms with Crippen LogP contribution in [0.2, 0.25) is 0 Å². The summed E-state index contributed by atoms with van der Waals surface area (Å²) in [4.78, 5) is 35.8. The number of aromatic nitrogens is 2. The summed E-state index contributed by atoms with van der Waals surface area (Å²) in [5.41, 5.74) is 0. The quantitative estimate of drug-likeness (QED) is 0.557. The Morgan fingerprint density at radius 1 is 1.09 bits per heavy atom. The molecule has 1 amide bonds. The van der Waals surface area contributed by atoms with Gasteiger partial charge in [-0.1, -0.05) is 0 Å². The number of carbonyl (C=O) groups is 2. The first-order valence-electron chi connectivity index (χ1n) is 10.5. The van der Waals surface area contributed by atoms with Crippen LogP contribution in [-0.2, 0) is 19.4 Å². The lowest BCUT2D eigenvalue weighted by molar-refractivity contribution is -0.192. The van der Waals surface area contributed by atoms with Crippen molar-refractivity contribution in [3.05, 3.63) is 18.2 Å². The first kappa shape index (κ1) is 26.1. The van der Waals surface area contributed by atoms with Crippen LogP contribution < -0.4 is 4.90 Å². The number of amides is 1. The molecule has 1 N–H and O–H groups in total. The van der Waals surface area contributed by atoms with Crippen molar-refractivity contribution in [2.75, 3.05) is 57.0 Å². The second-order valence-electron chi connectivity index (χ2n) is 8.50. The summed E-state index contributed by atoms with van der Waals surface area (Å²) in [7, 11) is -1.24. The van der Waals surface area contributed by atoms with Gasteiger partial charge in [0.25, 0.3) is 0 Å². The van der Waals surface area contributed by atoms with Gasteiger partial charge in [0.1, 0.15) is 0 Å². The fourth-order valence-corrected chi connectivity index (χ4v) is 6.52. The zero-order valence-corrected chi connectivity index (χ0v) is 19.1. The lowest BCUT2D eigenvalue weighted by atomic mass is 9.87. The van der Waals surface area contributed by atoms with Gasteiger partial charge in [-0.15, -0.1) is 0 Å². The number of anilines is 1. The Labute approximate surface area is 193 Å². The van der Waals surface area contributed by atoms with Gasteiger partial charge < -0.3 is 19.8 Å². The van der Waals surface area contributed by atoms with Gasteiger partial charge in [0.2, 0.25) is 11.9 Å². The topological polar surface area (TPSA) is 124 Å². The Morgan fingerprint density at radius 3 is 2.18 bits per heavy atom. The van der Waals surface area contributed by atoms with E-state index >= 15 is 0 Å². The predicted octanol–water partition coefficient (Wildman–Crippen LogP) is 0.263. The average molecular weight is 511 g/mol. The molecule has 3 fully saturated rings. The number of carboxylic acid groups (broad SMARTS) is 1. The Kier molecular flexibility index (Phi) is 7.65. The van der Waals surface area contributed by atoms with Crippen LogP contribution in [-0.4, -0.2) is 109 Å². The molecule has 1 aromatic rings. The minimum atomic E-state index is -5.08. The van der Waals surface area contributed by atoms with Gasteiger partial charge >= 0.3 is 12.1 Å². The summed E-state index contributed by atoms with van der Waals surface area (Å²) in [6.07, 6.45) is -2.57. The number of halogens is 4. The van der Waals surface area contributed by atoms with Crippen molar-refractivity contribution in [2.45, 2.75) is 17.8 Å². The van der Waals surface area contributed by atoms with Crippen molar-refractivity contribution in [3.63, 3.8) is 0 Å². The van der Waals surface area contributed by atoms with Crippen LogP contribution in [0.4, 0.5) is 23.5 Å². The highest BCUT2D eigenvalue weighted by Crippen LogP contribution is 2.38. The van der Waals surface area contributed by atoms with Crippen LogP contribution in [0.15, 0.2) is 12.4 Å². The minimum Gasteiger partial charge on any atom is -0.475 e. The van der Waals surface area contributed by atoms with Crippen molar-refractivity contribution in [1.82, 2.24) is 19.8 Å².